The number of hydrogen-bond acceptors (Lipinski definition) is 3. The topological polar surface area (TPSA) is 46.2 Å². The smallest absolute Gasteiger partial charge is 0.0670 e. The summed E-state index contributed by atoms with van der Waals surface area (Å²) < 4.78 is 0. The van der Waals surface area contributed by atoms with Crippen LogP contribution in [0.4, 0.5) is 0 Å². The normalized spacial score (nSPS) is 12.8. The molecule has 3 heteroatoms. The second kappa shape index (κ2) is 6.94. The molecule has 0 saturated heterocycles. The fourth-order valence-electron chi connectivity index (χ4n) is 1.68. The lowest BCUT2D eigenvalue weighted by atomic mass is 10.1. The summed E-state index contributed by atoms with van der Waals surface area (Å²) >= 11 is 1.85. The summed E-state index contributed by atoms with van der Waals surface area (Å²) in [5.41, 5.74) is 9.35. The molecule has 0 bridgehead atoms. The van der Waals surface area contributed by atoms with Gasteiger partial charge in [-0.2, -0.15) is 11.8 Å². The zero-order chi connectivity index (χ0) is 12.0. The van der Waals surface area contributed by atoms with E-state index in [4.69, 9.17) is 5.73 Å². The first-order valence-electron chi connectivity index (χ1n) is 5.65. The number of nitrogens with two attached hydrogens (primary N) is 1. The zero-order valence-corrected chi connectivity index (χ0v) is 10.9. The Balaban J connectivity index is 2.32. The number of aliphatic hydroxyl groups is 1. The second-order valence-electron chi connectivity index (χ2n) is 4.23. The molecule has 90 valence electrons. The minimum absolute atomic E-state index is 0.341. The van der Waals surface area contributed by atoms with Crippen molar-refractivity contribution in [3.63, 3.8) is 0 Å². The zero-order valence-electron chi connectivity index (χ0n) is 10.1. The van der Waals surface area contributed by atoms with Gasteiger partial charge in [0.25, 0.3) is 0 Å². The molecule has 2 nitrogen and oxygen atoms in total. The molecule has 1 aromatic rings. The maximum absolute atomic E-state index is 9.31. The number of aryl methyl sites for hydroxylation is 2. The summed E-state index contributed by atoms with van der Waals surface area (Å²) in [6.07, 6.45) is 0.443. The molecule has 0 aliphatic carbocycles. The summed E-state index contributed by atoms with van der Waals surface area (Å²) in [4.78, 5) is 0. The minimum Gasteiger partial charge on any atom is -0.392 e. The van der Waals surface area contributed by atoms with Gasteiger partial charge in [0.05, 0.1) is 6.10 Å². The van der Waals surface area contributed by atoms with Gasteiger partial charge in [-0.05, 0) is 31.6 Å². The van der Waals surface area contributed by atoms with E-state index in [9.17, 15) is 5.11 Å². The fourth-order valence-corrected chi connectivity index (χ4v) is 2.67. The Morgan fingerprint density at radius 2 is 1.88 bits per heavy atom. The number of benzene rings is 1. The van der Waals surface area contributed by atoms with E-state index in [0.717, 1.165) is 17.9 Å². The maximum Gasteiger partial charge on any atom is 0.0670 e. The molecule has 3 N–H and O–H groups in total. The molecule has 0 aliphatic rings. The third-order valence-corrected chi connectivity index (χ3v) is 3.48. The Morgan fingerprint density at radius 1 is 1.25 bits per heavy atom. The van der Waals surface area contributed by atoms with Gasteiger partial charge in [0.1, 0.15) is 0 Å². The van der Waals surface area contributed by atoms with E-state index in [2.05, 4.69) is 32.0 Å². The van der Waals surface area contributed by atoms with Crippen molar-refractivity contribution in [2.24, 2.45) is 5.73 Å². The third-order valence-electron chi connectivity index (χ3n) is 2.42. The van der Waals surface area contributed by atoms with Crippen molar-refractivity contribution in [3.8, 4) is 0 Å². The molecule has 1 atom stereocenters. The maximum atomic E-state index is 9.31. The van der Waals surface area contributed by atoms with E-state index in [1.54, 1.807) is 0 Å². The Hall–Kier alpha value is -0.510. The Labute approximate surface area is 102 Å². The van der Waals surface area contributed by atoms with Crippen molar-refractivity contribution in [2.45, 2.75) is 32.1 Å². The largest absolute Gasteiger partial charge is 0.392 e. The third kappa shape index (κ3) is 5.01. The van der Waals surface area contributed by atoms with E-state index in [1.165, 1.54) is 16.7 Å². The van der Waals surface area contributed by atoms with Crippen molar-refractivity contribution < 1.29 is 5.11 Å². The lowest BCUT2D eigenvalue weighted by molar-refractivity contribution is 0.180. The van der Waals surface area contributed by atoms with Gasteiger partial charge in [-0.1, -0.05) is 29.3 Å². The van der Waals surface area contributed by atoms with Crippen molar-refractivity contribution in [2.75, 3.05) is 12.3 Å². The highest BCUT2D eigenvalue weighted by atomic mass is 32.2. The first-order chi connectivity index (χ1) is 7.61. The van der Waals surface area contributed by atoms with E-state index in [-0.39, 0.29) is 6.10 Å². The van der Waals surface area contributed by atoms with Crippen molar-refractivity contribution in [1.82, 2.24) is 0 Å². The summed E-state index contributed by atoms with van der Waals surface area (Å²) in [5, 5.41) is 9.31. The molecule has 0 radical (unpaired) electrons. The minimum atomic E-state index is -0.341. The summed E-state index contributed by atoms with van der Waals surface area (Å²) in [7, 11) is 0. The predicted octanol–water partition coefficient (Wildman–Crippen LogP) is 2.25. The fraction of sp³-hybridized carbons (Fsp3) is 0.538. The second-order valence-corrected chi connectivity index (χ2v) is 5.33. The predicted molar refractivity (Wildman–Crippen MR) is 71.8 cm³/mol. The molecule has 0 amide bonds. The molecule has 0 heterocycles. The first-order valence-corrected chi connectivity index (χ1v) is 6.80. The van der Waals surface area contributed by atoms with Gasteiger partial charge in [0.2, 0.25) is 0 Å². The summed E-state index contributed by atoms with van der Waals surface area (Å²) in [5.74, 6) is 1.98. The molecular weight excluding hydrogens is 218 g/mol. The lowest BCUT2D eigenvalue weighted by Crippen LogP contribution is -2.20. The van der Waals surface area contributed by atoms with Crippen LogP contribution in [0.2, 0.25) is 0 Å². The number of thioether (sulfide) groups is 1. The Kier molecular flexibility index (Phi) is 5.88. The van der Waals surface area contributed by atoms with Gasteiger partial charge in [-0.15, -0.1) is 0 Å². The van der Waals surface area contributed by atoms with Crippen LogP contribution in [0.15, 0.2) is 18.2 Å². The monoisotopic (exact) mass is 239 g/mol. The standard InChI is InChI=1S/C13H21NOS/c1-10-5-11(2)7-12(6-10)9-16-4-3-13(15)8-14/h5-7,13,15H,3-4,8-9,14H2,1-2H3. The van der Waals surface area contributed by atoms with Gasteiger partial charge in [0.15, 0.2) is 0 Å². The van der Waals surface area contributed by atoms with Crippen LogP contribution < -0.4 is 5.73 Å². The van der Waals surface area contributed by atoms with Gasteiger partial charge >= 0.3 is 0 Å². The van der Waals surface area contributed by atoms with Gasteiger partial charge in [-0.25, -0.2) is 0 Å². The molecule has 0 saturated carbocycles. The van der Waals surface area contributed by atoms with Crippen LogP contribution in [-0.2, 0) is 5.75 Å². The number of rotatable bonds is 6. The van der Waals surface area contributed by atoms with Crippen molar-refractivity contribution in [3.05, 3.63) is 34.9 Å². The van der Waals surface area contributed by atoms with E-state index >= 15 is 0 Å². The van der Waals surface area contributed by atoms with Crippen LogP contribution in [0.5, 0.6) is 0 Å². The molecule has 0 spiro atoms. The van der Waals surface area contributed by atoms with E-state index in [0.29, 0.717) is 6.54 Å². The van der Waals surface area contributed by atoms with Gasteiger partial charge in [0, 0.05) is 12.3 Å². The highest BCUT2D eigenvalue weighted by Crippen LogP contribution is 2.16. The highest BCUT2D eigenvalue weighted by molar-refractivity contribution is 7.98. The van der Waals surface area contributed by atoms with Crippen molar-refractivity contribution in [1.29, 1.82) is 0 Å². The molecular formula is C13H21NOS. The average Bonchev–Trinajstić information content (AvgIpc) is 2.22. The molecule has 0 aliphatic heterocycles. The van der Waals surface area contributed by atoms with Gasteiger partial charge in [-0.3, -0.25) is 0 Å². The van der Waals surface area contributed by atoms with Crippen molar-refractivity contribution >= 4 is 11.8 Å². The average molecular weight is 239 g/mol. The van der Waals surface area contributed by atoms with Crippen LogP contribution >= 0.6 is 11.8 Å². The molecule has 1 aromatic carbocycles. The molecule has 0 aromatic heterocycles. The van der Waals surface area contributed by atoms with Crippen LogP contribution in [0.1, 0.15) is 23.1 Å². The van der Waals surface area contributed by atoms with E-state index in [1.807, 2.05) is 11.8 Å². The summed E-state index contributed by atoms with van der Waals surface area (Å²) in [6.45, 7) is 4.61. The van der Waals surface area contributed by atoms with Crippen LogP contribution in [0, 0.1) is 13.8 Å². The Bertz CT molecular complexity index is 307. The van der Waals surface area contributed by atoms with Crippen LogP contribution in [-0.4, -0.2) is 23.5 Å². The van der Waals surface area contributed by atoms with Crippen LogP contribution in [0.25, 0.3) is 0 Å². The SMILES string of the molecule is Cc1cc(C)cc(CSCCC(O)CN)c1. The van der Waals surface area contributed by atoms with Gasteiger partial charge < -0.3 is 10.8 Å². The quantitative estimate of drug-likeness (QED) is 0.748. The molecule has 16 heavy (non-hydrogen) atoms. The lowest BCUT2D eigenvalue weighted by Gasteiger charge is -2.08. The molecule has 1 unspecified atom stereocenters. The highest BCUT2D eigenvalue weighted by Gasteiger charge is 2.01. The molecule has 0 fully saturated rings. The summed E-state index contributed by atoms with van der Waals surface area (Å²) in [6, 6.07) is 6.63. The number of hydrogen-bond donors (Lipinski definition) is 2. The van der Waals surface area contributed by atoms with E-state index < -0.39 is 0 Å². The Morgan fingerprint density at radius 3 is 2.44 bits per heavy atom. The molecule has 1 rings (SSSR count). The van der Waals surface area contributed by atoms with Crippen LogP contribution in [0.3, 0.4) is 0 Å². The number of aliphatic hydroxyl groups excluding tert-OH is 1. The first kappa shape index (κ1) is 13.6.